The van der Waals surface area contributed by atoms with Gasteiger partial charge in [0.1, 0.15) is 6.33 Å². The van der Waals surface area contributed by atoms with E-state index in [4.69, 9.17) is 12.2 Å². The molecule has 0 bridgehead atoms. The summed E-state index contributed by atoms with van der Waals surface area (Å²) in [6.07, 6.45) is 1.70. The lowest BCUT2D eigenvalue weighted by atomic mass is 10.3. The molecule has 0 unspecified atom stereocenters. The Balaban J connectivity index is 1.93. The van der Waals surface area contributed by atoms with Crippen LogP contribution in [0.25, 0.3) is 10.2 Å². The van der Waals surface area contributed by atoms with E-state index in [9.17, 15) is 0 Å². The molecule has 0 amide bonds. The molecule has 0 aliphatic rings. The zero-order valence-corrected chi connectivity index (χ0v) is 12.1. The number of rotatable bonds is 3. The summed E-state index contributed by atoms with van der Waals surface area (Å²) in [5.41, 5.74) is 1.18. The van der Waals surface area contributed by atoms with E-state index in [2.05, 4.69) is 26.9 Å². The second-order valence-electron chi connectivity index (χ2n) is 3.76. The van der Waals surface area contributed by atoms with Gasteiger partial charge in [0.25, 0.3) is 0 Å². The SMILES string of the molecule is Cn1cnnc1SCn1c(=S)sc2ccccc21. The van der Waals surface area contributed by atoms with Crippen LogP contribution in [0.3, 0.4) is 0 Å². The van der Waals surface area contributed by atoms with E-state index in [-0.39, 0.29) is 0 Å². The second-order valence-corrected chi connectivity index (χ2v) is 6.35. The van der Waals surface area contributed by atoms with Crippen LogP contribution in [0.5, 0.6) is 0 Å². The average Bonchev–Trinajstić information content (AvgIpc) is 2.90. The molecule has 0 radical (unpaired) electrons. The molecule has 4 nitrogen and oxygen atoms in total. The van der Waals surface area contributed by atoms with Gasteiger partial charge in [0.05, 0.1) is 16.1 Å². The summed E-state index contributed by atoms with van der Waals surface area (Å²) in [5.74, 6) is 0.759. The second kappa shape index (κ2) is 4.83. The van der Waals surface area contributed by atoms with Gasteiger partial charge in [0.2, 0.25) is 0 Å². The molecule has 0 N–H and O–H groups in total. The Morgan fingerprint density at radius 2 is 2.22 bits per heavy atom. The maximum absolute atomic E-state index is 5.41. The van der Waals surface area contributed by atoms with Crippen LogP contribution in [-0.2, 0) is 12.9 Å². The fourth-order valence-electron chi connectivity index (χ4n) is 1.66. The van der Waals surface area contributed by atoms with Crippen molar-refractivity contribution in [2.24, 2.45) is 7.05 Å². The molecule has 0 saturated heterocycles. The van der Waals surface area contributed by atoms with Crippen LogP contribution in [-0.4, -0.2) is 19.3 Å². The molecular weight excluding hydrogens is 284 g/mol. The highest BCUT2D eigenvalue weighted by Crippen LogP contribution is 2.26. The highest BCUT2D eigenvalue weighted by molar-refractivity contribution is 7.98. The number of para-hydroxylation sites is 1. The number of aromatic nitrogens is 4. The standard InChI is InChI=1S/C11H10N4S3/c1-14-6-12-13-10(14)17-7-15-8-4-2-3-5-9(8)18-11(15)16/h2-6H,7H2,1H3. The van der Waals surface area contributed by atoms with Crippen molar-refractivity contribution in [1.29, 1.82) is 0 Å². The smallest absolute Gasteiger partial charge is 0.192 e. The number of nitrogens with zero attached hydrogens (tertiary/aromatic N) is 4. The Kier molecular flexibility index (Phi) is 3.19. The molecule has 3 rings (SSSR count). The third kappa shape index (κ3) is 2.09. The first-order valence-corrected chi connectivity index (χ1v) is 7.52. The van der Waals surface area contributed by atoms with Gasteiger partial charge in [-0.3, -0.25) is 0 Å². The third-order valence-corrected chi connectivity index (χ3v) is 5.01. The molecule has 0 aliphatic heterocycles. The molecule has 1 aromatic carbocycles. The van der Waals surface area contributed by atoms with Crippen molar-refractivity contribution in [3.05, 3.63) is 34.5 Å². The highest BCUT2D eigenvalue weighted by Gasteiger charge is 2.06. The van der Waals surface area contributed by atoms with Crippen molar-refractivity contribution in [2.75, 3.05) is 0 Å². The van der Waals surface area contributed by atoms with Gasteiger partial charge in [-0.05, 0) is 24.4 Å². The minimum Gasteiger partial charge on any atom is -0.313 e. The predicted octanol–water partition coefficient (Wildman–Crippen LogP) is 3.31. The summed E-state index contributed by atoms with van der Waals surface area (Å²) in [6.45, 7) is 0. The summed E-state index contributed by atoms with van der Waals surface area (Å²) in [5, 5.41) is 8.82. The van der Waals surface area contributed by atoms with Gasteiger partial charge in [-0.25, -0.2) is 0 Å². The minimum atomic E-state index is 0.759. The molecule has 0 spiro atoms. The first-order chi connectivity index (χ1) is 8.75. The van der Waals surface area contributed by atoms with Gasteiger partial charge in [0.15, 0.2) is 9.11 Å². The monoisotopic (exact) mass is 294 g/mol. The Morgan fingerprint density at radius 3 is 3.00 bits per heavy atom. The van der Waals surface area contributed by atoms with E-state index in [1.165, 1.54) is 10.2 Å². The summed E-state index contributed by atoms with van der Waals surface area (Å²) in [4.78, 5) is 0. The predicted molar refractivity (Wildman–Crippen MR) is 77.5 cm³/mol. The van der Waals surface area contributed by atoms with E-state index in [1.807, 2.05) is 23.7 Å². The molecule has 0 saturated carbocycles. The van der Waals surface area contributed by atoms with Crippen LogP contribution in [0.2, 0.25) is 0 Å². The van der Waals surface area contributed by atoms with Crippen molar-refractivity contribution in [1.82, 2.24) is 19.3 Å². The Labute approximate surface area is 117 Å². The maximum atomic E-state index is 5.41. The molecule has 3 aromatic rings. The van der Waals surface area contributed by atoms with E-state index < -0.39 is 0 Å². The van der Waals surface area contributed by atoms with Gasteiger partial charge in [-0.15, -0.1) is 21.5 Å². The molecule has 92 valence electrons. The topological polar surface area (TPSA) is 35.6 Å². The molecule has 0 aliphatic carbocycles. The number of fused-ring (bicyclic) bond motifs is 1. The van der Waals surface area contributed by atoms with Crippen LogP contribution in [0.15, 0.2) is 35.7 Å². The van der Waals surface area contributed by atoms with Crippen LogP contribution >= 0.6 is 35.3 Å². The van der Waals surface area contributed by atoms with Gasteiger partial charge in [0, 0.05) is 7.05 Å². The van der Waals surface area contributed by atoms with E-state index >= 15 is 0 Å². The third-order valence-electron chi connectivity index (χ3n) is 2.57. The van der Waals surface area contributed by atoms with Crippen molar-refractivity contribution in [3.63, 3.8) is 0 Å². The fraction of sp³-hybridized carbons (Fsp3) is 0.182. The van der Waals surface area contributed by atoms with E-state index in [1.54, 1.807) is 29.4 Å². The van der Waals surface area contributed by atoms with Crippen molar-refractivity contribution in [2.45, 2.75) is 11.0 Å². The molecule has 2 heterocycles. The van der Waals surface area contributed by atoms with E-state index in [0.29, 0.717) is 0 Å². The molecule has 0 fully saturated rings. The summed E-state index contributed by atoms with van der Waals surface area (Å²) < 4.78 is 6.16. The lowest BCUT2D eigenvalue weighted by molar-refractivity contribution is 0.782. The number of thiazole rings is 1. The fourth-order valence-corrected chi connectivity index (χ4v) is 4.02. The number of hydrogen-bond donors (Lipinski definition) is 0. The number of hydrogen-bond acceptors (Lipinski definition) is 5. The molecule has 7 heteroatoms. The van der Waals surface area contributed by atoms with Gasteiger partial charge in [-0.1, -0.05) is 23.9 Å². The normalized spacial score (nSPS) is 11.2. The van der Waals surface area contributed by atoms with E-state index in [0.717, 1.165) is 15.0 Å². The maximum Gasteiger partial charge on any atom is 0.192 e. The zero-order chi connectivity index (χ0) is 12.5. The molecular formula is C11H10N4S3. The first kappa shape index (κ1) is 11.9. The van der Waals surface area contributed by atoms with Crippen LogP contribution in [0, 0.1) is 3.95 Å². The van der Waals surface area contributed by atoms with Crippen molar-refractivity contribution < 1.29 is 0 Å². The Hall–Kier alpha value is -1.18. The zero-order valence-electron chi connectivity index (χ0n) is 9.61. The van der Waals surface area contributed by atoms with Crippen LogP contribution in [0.4, 0.5) is 0 Å². The van der Waals surface area contributed by atoms with Gasteiger partial charge in [-0.2, -0.15) is 0 Å². The number of thioether (sulfide) groups is 1. The summed E-state index contributed by atoms with van der Waals surface area (Å²) >= 11 is 8.68. The summed E-state index contributed by atoms with van der Waals surface area (Å²) in [6, 6.07) is 8.26. The van der Waals surface area contributed by atoms with Crippen molar-refractivity contribution in [3.8, 4) is 0 Å². The number of benzene rings is 1. The Bertz CT molecular complexity index is 740. The molecule has 2 aromatic heterocycles. The lowest BCUT2D eigenvalue weighted by Gasteiger charge is -2.03. The quantitative estimate of drug-likeness (QED) is 0.548. The first-order valence-electron chi connectivity index (χ1n) is 5.31. The van der Waals surface area contributed by atoms with Gasteiger partial charge >= 0.3 is 0 Å². The largest absolute Gasteiger partial charge is 0.313 e. The highest BCUT2D eigenvalue weighted by atomic mass is 32.2. The molecule has 18 heavy (non-hydrogen) atoms. The van der Waals surface area contributed by atoms with Gasteiger partial charge < -0.3 is 9.13 Å². The Morgan fingerprint density at radius 1 is 1.39 bits per heavy atom. The van der Waals surface area contributed by atoms with Crippen LogP contribution in [0.1, 0.15) is 0 Å². The van der Waals surface area contributed by atoms with Crippen molar-refractivity contribution >= 4 is 45.5 Å². The molecule has 0 atom stereocenters. The lowest BCUT2D eigenvalue weighted by Crippen LogP contribution is -1.96. The van der Waals surface area contributed by atoms with Crippen LogP contribution < -0.4 is 0 Å². The number of aryl methyl sites for hydroxylation is 1. The summed E-state index contributed by atoms with van der Waals surface area (Å²) in [7, 11) is 1.94. The average molecular weight is 294 g/mol. The minimum absolute atomic E-state index is 0.759.